The Morgan fingerprint density at radius 1 is 1.42 bits per heavy atom. The van der Waals surface area contributed by atoms with Gasteiger partial charge in [-0.1, -0.05) is 20.8 Å². The van der Waals surface area contributed by atoms with Gasteiger partial charge in [-0.05, 0) is 42.9 Å². The highest BCUT2D eigenvalue weighted by Crippen LogP contribution is 2.63. The third kappa shape index (κ3) is 1.10. The summed E-state index contributed by atoms with van der Waals surface area (Å²) in [5.41, 5.74) is 0.122. The molecule has 0 aromatic rings. The van der Waals surface area contributed by atoms with E-state index in [0.29, 0.717) is 17.3 Å². The molecule has 2 fully saturated rings. The summed E-state index contributed by atoms with van der Waals surface area (Å²) in [6.07, 6.45) is 4.70. The average molecular weight is 168 g/mol. The van der Waals surface area contributed by atoms with Gasteiger partial charge in [0.1, 0.15) is 0 Å². The number of hydrogen-bond donors (Lipinski definition) is 1. The fraction of sp³-hybridized carbons (Fsp3) is 1.00. The Morgan fingerprint density at radius 3 is 2.17 bits per heavy atom. The van der Waals surface area contributed by atoms with E-state index in [-0.39, 0.29) is 5.60 Å². The van der Waals surface area contributed by atoms with Crippen molar-refractivity contribution in [2.24, 2.45) is 17.3 Å². The van der Waals surface area contributed by atoms with Crippen molar-refractivity contribution in [3.63, 3.8) is 0 Å². The van der Waals surface area contributed by atoms with Gasteiger partial charge in [-0.25, -0.2) is 0 Å². The van der Waals surface area contributed by atoms with Gasteiger partial charge in [-0.15, -0.1) is 0 Å². The highest BCUT2D eigenvalue weighted by Gasteiger charge is 2.61. The summed E-state index contributed by atoms with van der Waals surface area (Å²) in [5.74, 6) is 1.22. The molecule has 2 atom stereocenters. The van der Waals surface area contributed by atoms with Gasteiger partial charge < -0.3 is 5.11 Å². The van der Waals surface area contributed by atoms with Crippen molar-refractivity contribution in [2.75, 3.05) is 0 Å². The molecule has 0 bridgehead atoms. The van der Waals surface area contributed by atoms with E-state index in [1.165, 1.54) is 19.3 Å². The van der Waals surface area contributed by atoms with Crippen LogP contribution in [0.3, 0.4) is 0 Å². The average Bonchev–Trinajstić information content (AvgIpc) is 2.83. The van der Waals surface area contributed by atoms with E-state index in [1.807, 2.05) is 0 Å². The summed E-state index contributed by atoms with van der Waals surface area (Å²) in [6.45, 7) is 6.69. The van der Waals surface area contributed by atoms with E-state index in [4.69, 9.17) is 0 Å². The molecular formula is C11H20O. The largest absolute Gasteiger partial charge is 0.389 e. The summed E-state index contributed by atoms with van der Waals surface area (Å²) < 4.78 is 0. The molecule has 0 aromatic heterocycles. The Hall–Kier alpha value is -0.0400. The number of rotatable bonds is 3. The Balaban J connectivity index is 2.08. The van der Waals surface area contributed by atoms with E-state index in [0.717, 1.165) is 6.42 Å². The first kappa shape index (κ1) is 8.55. The van der Waals surface area contributed by atoms with Crippen LogP contribution >= 0.6 is 0 Å². The predicted octanol–water partition coefficient (Wildman–Crippen LogP) is 2.58. The van der Waals surface area contributed by atoms with E-state index in [9.17, 15) is 5.11 Å². The SMILES string of the molecule is CCC(O)(C1CC1)C1CC1(C)C. The van der Waals surface area contributed by atoms with Crippen LogP contribution in [0.1, 0.15) is 46.5 Å². The maximum atomic E-state index is 10.4. The summed E-state index contributed by atoms with van der Waals surface area (Å²) in [6, 6.07) is 0. The van der Waals surface area contributed by atoms with Crippen molar-refractivity contribution in [1.29, 1.82) is 0 Å². The zero-order chi connectivity index (χ0) is 8.98. The molecule has 2 unspecified atom stereocenters. The van der Waals surface area contributed by atoms with Gasteiger partial charge in [-0.2, -0.15) is 0 Å². The molecule has 0 amide bonds. The standard InChI is InChI=1S/C11H20O/c1-4-11(12,8-5-6-8)9-7-10(9,2)3/h8-9,12H,4-7H2,1-3H3. The van der Waals surface area contributed by atoms with Crippen molar-refractivity contribution < 1.29 is 5.11 Å². The highest BCUT2D eigenvalue weighted by molar-refractivity contribution is 5.11. The lowest BCUT2D eigenvalue weighted by molar-refractivity contribution is -0.0188. The molecule has 70 valence electrons. The second kappa shape index (κ2) is 2.25. The maximum Gasteiger partial charge on any atom is 0.0706 e. The monoisotopic (exact) mass is 168 g/mol. The van der Waals surface area contributed by atoms with Crippen LogP contribution in [-0.2, 0) is 0 Å². The Labute approximate surface area is 75.2 Å². The molecule has 0 saturated heterocycles. The predicted molar refractivity (Wildman–Crippen MR) is 49.9 cm³/mol. The van der Waals surface area contributed by atoms with Crippen molar-refractivity contribution >= 4 is 0 Å². The second-order valence-corrected chi connectivity index (χ2v) is 5.36. The van der Waals surface area contributed by atoms with E-state index in [2.05, 4.69) is 20.8 Å². The van der Waals surface area contributed by atoms with E-state index in [1.54, 1.807) is 0 Å². The van der Waals surface area contributed by atoms with Gasteiger partial charge in [0.15, 0.2) is 0 Å². The molecule has 1 N–H and O–H groups in total. The molecule has 0 aliphatic heterocycles. The summed E-state index contributed by atoms with van der Waals surface area (Å²) in [4.78, 5) is 0. The van der Waals surface area contributed by atoms with Gasteiger partial charge >= 0.3 is 0 Å². The minimum atomic E-state index is -0.302. The Morgan fingerprint density at radius 2 is 1.92 bits per heavy atom. The number of aliphatic hydroxyl groups is 1. The third-order valence-corrected chi connectivity index (χ3v) is 3.97. The van der Waals surface area contributed by atoms with E-state index < -0.39 is 0 Å². The molecule has 1 heteroatoms. The first-order valence-electron chi connectivity index (χ1n) is 5.23. The molecule has 1 nitrogen and oxygen atoms in total. The molecule has 0 spiro atoms. The quantitative estimate of drug-likeness (QED) is 0.686. The Kier molecular flexibility index (Phi) is 1.61. The van der Waals surface area contributed by atoms with Crippen LogP contribution in [0.25, 0.3) is 0 Å². The molecule has 12 heavy (non-hydrogen) atoms. The number of hydrogen-bond acceptors (Lipinski definition) is 1. The molecule has 2 aliphatic carbocycles. The van der Waals surface area contributed by atoms with Gasteiger partial charge in [0.25, 0.3) is 0 Å². The normalized spacial score (nSPS) is 37.5. The summed E-state index contributed by atoms with van der Waals surface area (Å²) in [7, 11) is 0. The maximum absolute atomic E-state index is 10.4. The molecule has 2 rings (SSSR count). The summed E-state index contributed by atoms with van der Waals surface area (Å²) in [5, 5.41) is 10.4. The first-order chi connectivity index (χ1) is 5.50. The Bertz CT molecular complexity index is 193. The van der Waals surface area contributed by atoms with Crippen molar-refractivity contribution in [2.45, 2.75) is 52.1 Å². The highest BCUT2D eigenvalue weighted by atomic mass is 16.3. The van der Waals surface area contributed by atoms with Gasteiger partial charge in [-0.3, -0.25) is 0 Å². The van der Waals surface area contributed by atoms with Crippen LogP contribution in [0.15, 0.2) is 0 Å². The van der Waals surface area contributed by atoms with Crippen molar-refractivity contribution in [3.05, 3.63) is 0 Å². The van der Waals surface area contributed by atoms with Crippen molar-refractivity contribution in [1.82, 2.24) is 0 Å². The zero-order valence-electron chi connectivity index (χ0n) is 8.43. The molecule has 2 aliphatic rings. The van der Waals surface area contributed by atoms with Crippen molar-refractivity contribution in [3.8, 4) is 0 Å². The minimum Gasteiger partial charge on any atom is -0.389 e. The third-order valence-electron chi connectivity index (χ3n) is 3.97. The van der Waals surface area contributed by atoms with Crippen LogP contribution in [0, 0.1) is 17.3 Å². The summed E-state index contributed by atoms with van der Waals surface area (Å²) >= 11 is 0. The smallest absolute Gasteiger partial charge is 0.0706 e. The fourth-order valence-corrected chi connectivity index (χ4v) is 2.72. The lowest BCUT2D eigenvalue weighted by Gasteiger charge is -2.28. The molecule has 0 heterocycles. The van der Waals surface area contributed by atoms with Crippen LogP contribution in [0.2, 0.25) is 0 Å². The minimum absolute atomic E-state index is 0.302. The van der Waals surface area contributed by atoms with Crippen LogP contribution in [0.5, 0.6) is 0 Å². The first-order valence-corrected chi connectivity index (χ1v) is 5.23. The van der Waals surface area contributed by atoms with E-state index >= 15 is 0 Å². The zero-order valence-corrected chi connectivity index (χ0v) is 8.43. The molecule has 2 saturated carbocycles. The van der Waals surface area contributed by atoms with Gasteiger partial charge in [0.2, 0.25) is 0 Å². The van der Waals surface area contributed by atoms with Gasteiger partial charge in [0, 0.05) is 0 Å². The fourth-order valence-electron chi connectivity index (χ4n) is 2.72. The van der Waals surface area contributed by atoms with Crippen LogP contribution in [0.4, 0.5) is 0 Å². The lowest BCUT2D eigenvalue weighted by atomic mass is 9.85. The molecular weight excluding hydrogens is 148 g/mol. The molecule has 0 radical (unpaired) electrons. The van der Waals surface area contributed by atoms with Gasteiger partial charge in [0.05, 0.1) is 5.60 Å². The van der Waals surface area contributed by atoms with Crippen LogP contribution < -0.4 is 0 Å². The lowest BCUT2D eigenvalue weighted by Crippen LogP contribution is -2.35. The van der Waals surface area contributed by atoms with Crippen LogP contribution in [-0.4, -0.2) is 10.7 Å². The topological polar surface area (TPSA) is 20.2 Å². The second-order valence-electron chi connectivity index (χ2n) is 5.36. The molecule has 0 aromatic carbocycles.